The van der Waals surface area contributed by atoms with Crippen LogP contribution in [0.1, 0.15) is 17.3 Å². The molecule has 2 saturated heterocycles. The summed E-state index contributed by atoms with van der Waals surface area (Å²) >= 11 is 7.28. The van der Waals surface area contributed by atoms with Gasteiger partial charge in [-0.25, -0.2) is 5.43 Å². The van der Waals surface area contributed by atoms with Crippen molar-refractivity contribution in [2.75, 3.05) is 22.6 Å². The molecule has 0 saturated carbocycles. The van der Waals surface area contributed by atoms with E-state index in [1.807, 2.05) is 17.1 Å². The SMILES string of the molecule is CC(=O)c1ccc(NC(=O)CSC2NC(=O)C3CNN(c4ccc(Cl)cc4)C3N2)cc1. The number of thioether (sulfide) groups is 1. The third-order valence-electron chi connectivity index (χ3n) is 5.13. The molecule has 2 fully saturated rings. The van der Waals surface area contributed by atoms with Crippen molar-refractivity contribution in [3.63, 3.8) is 0 Å². The van der Waals surface area contributed by atoms with Gasteiger partial charge >= 0.3 is 0 Å². The predicted molar refractivity (Wildman–Crippen MR) is 122 cm³/mol. The predicted octanol–water partition coefficient (Wildman–Crippen LogP) is 2.18. The topological polar surface area (TPSA) is 103 Å². The third-order valence-corrected chi connectivity index (χ3v) is 6.40. The maximum absolute atomic E-state index is 12.6. The fourth-order valence-corrected chi connectivity index (χ4v) is 4.49. The minimum Gasteiger partial charge on any atom is -0.331 e. The second-order valence-corrected chi connectivity index (χ2v) is 8.84. The van der Waals surface area contributed by atoms with Gasteiger partial charge in [0.25, 0.3) is 0 Å². The largest absolute Gasteiger partial charge is 0.331 e. The van der Waals surface area contributed by atoms with Crippen LogP contribution in [0, 0.1) is 5.92 Å². The van der Waals surface area contributed by atoms with E-state index in [-0.39, 0.29) is 35.4 Å². The molecule has 162 valence electrons. The summed E-state index contributed by atoms with van der Waals surface area (Å²) in [5.41, 5.74) is 4.94. The quantitative estimate of drug-likeness (QED) is 0.491. The van der Waals surface area contributed by atoms with E-state index in [1.54, 1.807) is 36.4 Å². The average molecular weight is 460 g/mol. The van der Waals surface area contributed by atoms with E-state index in [0.717, 1.165) is 5.69 Å². The Hall–Kier alpha value is -2.59. The van der Waals surface area contributed by atoms with Gasteiger partial charge < -0.3 is 10.6 Å². The molecule has 4 rings (SSSR count). The number of hydrogen-bond acceptors (Lipinski definition) is 7. The molecule has 8 nitrogen and oxygen atoms in total. The van der Waals surface area contributed by atoms with Crippen molar-refractivity contribution in [2.24, 2.45) is 5.92 Å². The fourth-order valence-electron chi connectivity index (χ4n) is 3.53. The van der Waals surface area contributed by atoms with Crippen molar-refractivity contribution in [1.29, 1.82) is 0 Å². The van der Waals surface area contributed by atoms with Gasteiger partial charge in [0.2, 0.25) is 11.8 Å². The molecule has 0 spiro atoms. The maximum Gasteiger partial charge on any atom is 0.234 e. The van der Waals surface area contributed by atoms with Crippen LogP contribution in [0.4, 0.5) is 11.4 Å². The highest BCUT2D eigenvalue weighted by molar-refractivity contribution is 8.00. The van der Waals surface area contributed by atoms with Gasteiger partial charge in [-0.1, -0.05) is 11.6 Å². The number of rotatable bonds is 6. The van der Waals surface area contributed by atoms with Crippen molar-refractivity contribution in [1.82, 2.24) is 16.1 Å². The van der Waals surface area contributed by atoms with Crippen molar-refractivity contribution >= 4 is 52.3 Å². The van der Waals surface area contributed by atoms with Crippen LogP contribution in [0.15, 0.2) is 48.5 Å². The number of carbonyl (C=O) groups is 3. The van der Waals surface area contributed by atoms with E-state index >= 15 is 0 Å². The second kappa shape index (κ2) is 9.27. The zero-order chi connectivity index (χ0) is 22.0. The summed E-state index contributed by atoms with van der Waals surface area (Å²) in [5, 5.41) is 11.7. The molecule has 0 aliphatic carbocycles. The minimum atomic E-state index is -0.408. The molecule has 2 aliphatic heterocycles. The molecule has 3 unspecified atom stereocenters. The Labute approximate surface area is 189 Å². The van der Waals surface area contributed by atoms with E-state index in [9.17, 15) is 14.4 Å². The number of anilines is 2. The summed E-state index contributed by atoms with van der Waals surface area (Å²) in [5.74, 6) is -0.387. The number of hydrogen-bond donors (Lipinski definition) is 4. The second-order valence-electron chi connectivity index (χ2n) is 7.31. The summed E-state index contributed by atoms with van der Waals surface area (Å²) in [6.45, 7) is 2.01. The molecule has 2 aromatic carbocycles. The van der Waals surface area contributed by atoms with Gasteiger partial charge in [-0.15, -0.1) is 11.8 Å². The summed E-state index contributed by atoms with van der Waals surface area (Å²) in [4.78, 5) is 36.2. The fraction of sp³-hybridized carbons (Fsp3) is 0.286. The van der Waals surface area contributed by atoms with Gasteiger partial charge in [-0.3, -0.25) is 24.7 Å². The molecule has 0 radical (unpaired) electrons. The molecule has 2 aliphatic rings. The summed E-state index contributed by atoms with van der Waals surface area (Å²) < 4.78 is 0. The number of Topliss-reactive ketones (excluding diaryl/α,β-unsaturated/α-hetero) is 1. The number of halogens is 1. The monoisotopic (exact) mass is 459 g/mol. The van der Waals surface area contributed by atoms with Gasteiger partial charge in [-0.05, 0) is 55.5 Å². The van der Waals surface area contributed by atoms with Crippen LogP contribution in [-0.4, -0.2) is 41.6 Å². The van der Waals surface area contributed by atoms with Crippen molar-refractivity contribution in [3.8, 4) is 0 Å². The number of carbonyl (C=O) groups excluding carboxylic acids is 3. The van der Waals surface area contributed by atoms with Crippen LogP contribution in [-0.2, 0) is 9.59 Å². The normalized spacial score (nSPS) is 22.6. The van der Waals surface area contributed by atoms with Gasteiger partial charge in [-0.2, -0.15) is 0 Å². The maximum atomic E-state index is 12.6. The van der Waals surface area contributed by atoms with Crippen molar-refractivity contribution < 1.29 is 14.4 Å². The molecule has 4 N–H and O–H groups in total. The van der Waals surface area contributed by atoms with Gasteiger partial charge in [0, 0.05) is 22.8 Å². The number of ketones is 1. The molecule has 0 aromatic heterocycles. The molecular formula is C21H22ClN5O3S. The van der Waals surface area contributed by atoms with Gasteiger partial charge in [0.05, 0.1) is 17.4 Å². The van der Waals surface area contributed by atoms with Crippen molar-refractivity contribution in [3.05, 3.63) is 59.1 Å². The highest BCUT2D eigenvalue weighted by atomic mass is 35.5. The van der Waals surface area contributed by atoms with Crippen LogP contribution in [0.3, 0.4) is 0 Å². The molecule has 0 bridgehead atoms. The summed E-state index contributed by atoms with van der Waals surface area (Å²) in [6.07, 6.45) is -0.241. The van der Waals surface area contributed by atoms with Crippen LogP contribution < -0.4 is 26.4 Å². The lowest BCUT2D eigenvalue weighted by molar-refractivity contribution is -0.127. The van der Waals surface area contributed by atoms with Crippen molar-refractivity contribution in [2.45, 2.75) is 18.6 Å². The van der Waals surface area contributed by atoms with E-state index in [0.29, 0.717) is 22.8 Å². The number of nitrogens with zero attached hydrogens (tertiary/aromatic N) is 1. The van der Waals surface area contributed by atoms with E-state index < -0.39 is 5.50 Å². The molecule has 2 amide bonds. The standard InChI is InChI=1S/C21H22ClN5O3S/c1-12(28)13-2-6-15(7-3-13)24-18(29)11-31-21-25-19-17(20(30)26-21)10-23-27(19)16-8-4-14(22)5-9-16/h2-9,17,19,21,23,25H,10-11H2,1H3,(H,24,29)(H,26,30). The average Bonchev–Trinajstić information content (AvgIpc) is 3.18. The molecule has 3 atom stereocenters. The van der Waals surface area contributed by atoms with Crippen LogP contribution in [0.25, 0.3) is 0 Å². The van der Waals surface area contributed by atoms with Crippen LogP contribution in [0.2, 0.25) is 5.02 Å². The lowest BCUT2D eigenvalue weighted by Gasteiger charge is -2.37. The Bertz CT molecular complexity index is 986. The molecule has 10 heteroatoms. The zero-order valence-electron chi connectivity index (χ0n) is 16.7. The Morgan fingerprint density at radius 3 is 2.55 bits per heavy atom. The summed E-state index contributed by atoms with van der Waals surface area (Å²) in [7, 11) is 0. The number of amides is 2. The number of nitrogens with one attached hydrogen (secondary N) is 4. The number of hydrazine groups is 1. The van der Waals surface area contributed by atoms with Gasteiger partial charge in [0.15, 0.2) is 5.78 Å². The van der Waals surface area contributed by atoms with E-state index in [4.69, 9.17) is 11.6 Å². The lowest BCUT2D eigenvalue weighted by Crippen LogP contribution is -2.63. The third kappa shape index (κ3) is 5.01. The summed E-state index contributed by atoms with van der Waals surface area (Å²) in [6, 6.07) is 14.1. The highest BCUT2D eigenvalue weighted by Crippen LogP contribution is 2.27. The lowest BCUT2D eigenvalue weighted by atomic mass is 10.1. The molecule has 2 aromatic rings. The number of fused-ring (bicyclic) bond motifs is 1. The highest BCUT2D eigenvalue weighted by Gasteiger charge is 2.44. The smallest absolute Gasteiger partial charge is 0.234 e. The van der Waals surface area contributed by atoms with Crippen LogP contribution in [0.5, 0.6) is 0 Å². The minimum absolute atomic E-state index is 0.0279. The first-order chi connectivity index (χ1) is 14.9. The number of benzene rings is 2. The molecular weight excluding hydrogens is 438 g/mol. The van der Waals surface area contributed by atoms with Crippen LogP contribution >= 0.6 is 23.4 Å². The first kappa shape index (κ1) is 21.6. The molecule has 2 heterocycles. The Morgan fingerprint density at radius 1 is 1.16 bits per heavy atom. The van der Waals surface area contributed by atoms with E-state index in [2.05, 4.69) is 21.4 Å². The van der Waals surface area contributed by atoms with Gasteiger partial charge in [0.1, 0.15) is 11.7 Å². The Morgan fingerprint density at radius 2 is 1.87 bits per heavy atom. The first-order valence-electron chi connectivity index (χ1n) is 9.78. The Balaban J connectivity index is 1.33. The first-order valence-corrected chi connectivity index (χ1v) is 11.2. The zero-order valence-corrected chi connectivity index (χ0v) is 18.3. The Kier molecular flexibility index (Phi) is 6.47. The molecule has 31 heavy (non-hydrogen) atoms. The van der Waals surface area contributed by atoms with E-state index in [1.165, 1.54) is 18.7 Å².